The number of nitriles is 1. The highest BCUT2D eigenvalue weighted by Gasteiger charge is 2.37. The SMILES string of the molecule is COc1ccc(C)cc1N1CC(C(=O)N(C)Cc2ccc(C#N)cc2)CC1=O. The Morgan fingerprint density at radius 2 is 2.00 bits per heavy atom. The summed E-state index contributed by atoms with van der Waals surface area (Å²) in [5, 5.41) is 8.88. The summed E-state index contributed by atoms with van der Waals surface area (Å²) in [7, 11) is 3.31. The van der Waals surface area contributed by atoms with E-state index < -0.39 is 0 Å². The van der Waals surface area contributed by atoms with Crippen LogP contribution in [0.3, 0.4) is 0 Å². The highest BCUT2D eigenvalue weighted by Crippen LogP contribution is 2.34. The normalized spacial score (nSPS) is 16.0. The molecule has 1 fully saturated rings. The van der Waals surface area contributed by atoms with Gasteiger partial charge in [0.15, 0.2) is 0 Å². The summed E-state index contributed by atoms with van der Waals surface area (Å²) in [6.07, 6.45) is 0.188. The molecule has 1 atom stereocenters. The van der Waals surface area contributed by atoms with E-state index in [1.807, 2.05) is 37.3 Å². The fraction of sp³-hybridized carbons (Fsp3) is 0.318. The molecule has 0 radical (unpaired) electrons. The summed E-state index contributed by atoms with van der Waals surface area (Å²) in [4.78, 5) is 28.7. The zero-order chi connectivity index (χ0) is 20.3. The molecular weight excluding hydrogens is 354 g/mol. The molecule has 0 saturated carbocycles. The predicted octanol–water partition coefficient (Wildman–Crippen LogP) is 2.89. The number of anilines is 1. The number of carbonyl (C=O) groups excluding carboxylic acids is 2. The van der Waals surface area contributed by atoms with Crippen LogP contribution in [-0.4, -0.2) is 37.4 Å². The molecule has 3 rings (SSSR count). The van der Waals surface area contributed by atoms with Crippen molar-refractivity contribution in [2.45, 2.75) is 19.9 Å². The molecule has 1 unspecified atom stereocenters. The highest BCUT2D eigenvalue weighted by atomic mass is 16.5. The lowest BCUT2D eigenvalue weighted by atomic mass is 10.1. The van der Waals surface area contributed by atoms with Crippen molar-refractivity contribution in [3.05, 3.63) is 59.2 Å². The minimum atomic E-state index is -0.388. The number of methoxy groups -OCH3 is 1. The summed E-state index contributed by atoms with van der Waals surface area (Å²) in [5.41, 5.74) is 3.26. The van der Waals surface area contributed by atoms with Crippen molar-refractivity contribution in [1.82, 2.24) is 4.90 Å². The maximum absolute atomic E-state index is 12.9. The number of benzene rings is 2. The average molecular weight is 377 g/mol. The molecule has 0 bridgehead atoms. The second-order valence-electron chi connectivity index (χ2n) is 7.08. The van der Waals surface area contributed by atoms with E-state index in [1.165, 1.54) is 0 Å². The Balaban J connectivity index is 1.71. The highest BCUT2D eigenvalue weighted by molar-refractivity contribution is 6.01. The molecule has 2 aromatic rings. The van der Waals surface area contributed by atoms with Gasteiger partial charge in [-0.15, -0.1) is 0 Å². The van der Waals surface area contributed by atoms with Gasteiger partial charge in [0.2, 0.25) is 11.8 Å². The van der Waals surface area contributed by atoms with E-state index >= 15 is 0 Å². The van der Waals surface area contributed by atoms with Crippen LogP contribution in [0, 0.1) is 24.2 Å². The van der Waals surface area contributed by atoms with Gasteiger partial charge in [0.1, 0.15) is 5.75 Å². The first-order chi connectivity index (χ1) is 13.4. The Morgan fingerprint density at radius 1 is 1.29 bits per heavy atom. The molecule has 1 aliphatic heterocycles. The van der Waals surface area contributed by atoms with E-state index in [9.17, 15) is 9.59 Å². The van der Waals surface area contributed by atoms with Crippen molar-refractivity contribution in [3.8, 4) is 11.8 Å². The van der Waals surface area contributed by atoms with Crippen LogP contribution < -0.4 is 9.64 Å². The fourth-order valence-corrected chi connectivity index (χ4v) is 3.46. The number of aryl methyl sites for hydroxylation is 1. The van der Waals surface area contributed by atoms with Gasteiger partial charge in [-0.25, -0.2) is 0 Å². The number of hydrogen-bond acceptors (Lipinski definition) is 4. The van der Waals surface area contributed by atoms with Gasteiger partial charge in [-0.1, -0.05) is 18.2 Å². The van der Waals surface area contributed by atoms with Crippen molar-refractivity contribution in [2.24, 2.45) is 5.92 Å². The molecule has 144 valence electrons. The molecule has 6 nitrogen and oxygen atoms in total. The number of carbonyl (C=O) groups is 2. The lowest BCUT2D eigenvalue weighted by Crippen LogP contribution is -2.34. The molecule has 0 spiro atoms. The topological polar surface area (TPSA) is 73.6 Å². The summed E-state index contributed by atoms with van der Waals surface area (Å²) in [6.45, 7) is 2.73. The predicted molar refractivity (Wildman–Crippen MR) is 106 cm³/mol. The van der Waals surface area contributed by atoms with Crippen molar-refractivity contribution >= 4 is 17.5 Å². The van der Waals surface area contributed by atoms with Crippen LogP contribution in [0.15, 0.2) is 42.5 Å². The van der Waals surface area contributed by atoms with Gasteiger partial charge in [0.25, 0.3) is 0 Å². The van der Waals surface area contributed by atoms with Gasteiger partial charge in [-0.3, -0.25) is 9.59 Å². The zero-order valence-corrected chi connectivity index (χ0v) is 16.3. The second-order valence-corrected chi connectivity index (χ2v) is 7.08. The number of hydrogen-bond donors (Lipinski definition) is 0. The van der Waals surface area contributed by atoms with Crippen molar-refractivity contribution < 1.29 is 14.3 Å². The minimum Gasteiger partial charge on any atom is -0.495 e. The monoisotopic (exact) mass is 377 g/mol. The Labute approximate surface area is 164 Å². The van der Waals surface area contributed by atoms with Crippen LogP contribution >= 0.6 is 0 Å². The molecule has 1 heterocycles. The Bertz CT molecular complexity index is 931. The lowest BCUT2D eigenvalue weighted by molar-refractivity contribution is -0.135. The largest absolute Gasteiger partial charge is 0.495 e. The number of rotatable bonds is 5. The first-order valence-corrected chi connectivity index (χ1v) is 9.12. The molecule has 2 amide bonds. The summed E-state index contributed by atoms with van der Waals surface area (Å²) < 4.78 is 5.39. The molecule has 1 saturated heterocycles. The lowest BCUT2D eigenvalue weighted by Gasteiger charge is -2.22. The van der Waals surface area contributed by atoms with Crippen LogP contribution in [0.4, 0.5) is 5.69 Å². The smallest absolute Gasteiger partial charge is 0.228 e. The van der Waals surface area contributed by atoms with Gasteiger partial charge >= 0.3 is 0 Å². The van der Waals surface area contributed by atoms with Gasteiger partial charge in [0, 0.05) is 26.6 Å². The van der Waals surface area contributed by atoms with Crippen LogP contribution in [0.1, 0.15) is 23.1 Å². The molecule has 0 N–H and O–H groups in total. The van der Waals surface area contributed by atoms with Crippen molar-refractivity contribution in [1.29, 1.82) is 5.26 Å². The Hall–Kier alpha value is -3.33. The van der Waals surface area contributed by atoms with Crippen LogP contribution in [0.25, 0.3) is 0 Å². The fourth-order valence-electron chi connectivity index (χ4n) is 3.46. The summed E-state index contributed by atoms with van der Waals surface area (Å²) in [5.74, 6) is 0.0972. The van der Waals surface area contributed by atoms with Crippen molar-refractivity contribution in [2.75, 3.05) is 25.6 Å². The molecule has 6 heteroatoms. The molecule has 28 heavy (non-hydrogen) atoms. The first kappa shape index (κ1) is 19.4. The molecule has 2 aromatic carbocycles. The van der Waals surface area contributed by atoms with E-state index in [1.54, 1.807) is 36.1 Å². The summed E-state index contributed by atoms with van der Waals surface area (Å²) >= 11 is 0. The van der Waals surface area contributed by atoms with Gasteiger partial charge in [-0.2, -0.15) is 5.26 Å². The van der Waals surface area contributed by atoms with E-state index in [4.69, 9.17) is 10.00 Å². The number of nitrogens with zero attached hydrogens (tertiary/aromatic N) is 3. The van der Waals surface area contributed by atoms with Crippen molar-refractivity contribution in [3.63, 3.8) is 0 Å². The third kappa shape index (κ3) is 3.99. The standard InChI is InChI=1S/C22H23N3O3/c1-15-4-9-20(28-3)19(10-15)25-14-18(11-21(25)26)22(27)24(2)13-17-7-5-16(12-23)6-8-17/h4-10,18H,11,13-14H2,1-3H3. The Kier molecular flexibility index (Phi) is 5.65. The van der Waals surface area contributed by atoms with E-state index in [2.05, 4.69) is 6.07 Å². The van der Waals surface area contributed by atoms with E-state index in [-0.39, 0.29) is 24.2 Å². The maximum atomic E-state index is 12.9. The zero-order valence-electron chi connectivity index (χ0n) is 16.3. The average Bonchev–Trinajstić information content (AvgIpc) is 3.09. The van der Waals surface area contributed by atoms with E-state index in [0.29, 0.717) is 30.1 Å². The third-order valence-electron chi connectivity index (χ3n) is 4.98. The first-order valence-electron chi connectivity index (χ1n) is 9.12. The maximum Gasteiger partial charge on any atom is 0.228 e. The second kappa shape index (κ2) is 8.13. The quantitative estimate of drug-likeness (QED) is 0.803. The van der Waals surface area contributed by atoms with Crippen LogP contribution in [0.5, 0.6) is 5.75 Å². The van der Waals surface area contributed by atoms with Crippen LogP contribution in [-0.2, 0) is 16.1 Å². The van der Waals surface area contributed by atoms with E-state index in [0.717, 1.165) is 11.1 Å². The Morgan fingerprint density at radius 3 is 2.64 bits per heavy atom. The minimum absolute atomic E-state index is 0.0631. The van der Waals surface area contributed by atoms with Gasteiger partial charge < -0.3 is 14.5 Å². The summed E-state index contributed by atoms with van der Waals surface area (Å²) in [6, 6.07) is 14.9. The number of ether oxygens (including phenoxy) is 1. The molecule has 0 aromatic heterocycles. The van der Waals surface area contributed by atoms with Crippen LogP contribution in [0.2, 0.25) is 0 Å². The molecule has 1 aliphatic rings. The van der Waals surface area contributed by atoms with Gasteiger partial charge in [0.05, 0.1) is 30.3 Å². The molecular formula is C22H23N3O3. The third-order valence-corrected chi connectivity index (χ3v) is 4.98. The number of amides is 2. The van der Waals surface area contributed by atoms with Gasteiger partial charge in [-0.05, 0) is 42.3 Å². The molecule has 0 aliphatic carbocycles.